The van der Waals surface area contributed by atoms with E-state index in [1.165, 1.54) is 0 Å². The van der Waals surface area contributed by atoms with Gasteiger partial charge >= 0.3 is 0 Å². The van der Waals surface area contributed by atoms with Crippen LogP contribution < -0.4 is 10.5 Å². The number of rotatable bonds is 4. The summed E-state index contributed by atoms with van der Waals surface area (Å²) in [5.41, 5.74) is 10.4. The monoisotopic (exact) mass is 379 g/mol. The van der Waals surface area contributed by atoms with E-state index >= 15 is 0 Å². The van der Waals surface area contributed by atoms with Crippen molar-refractivity contribution in [1.29, 1.82) is 0 Å². The maximum atomic E-state index is 11.8. The van der Waals surface area contributed by atoms with E-state index in [9.17, 15) is 8.42 Å². The van der Waals surface area contributed by atoms with Crippen molar-refractivity contribution in [3.8, 4) is 22.4 Å². The Balaban J connectivity index is 1.94. The number of H-pyrrole nitrogens is 1. The van der Waals surface area contributed by atoms with Crippen LogP contribution in [0.25, 0.3) is 33.3 Å². The summed E-state index contributed by atoms with van der Waals surface area (Å²) in [6.45, 7) is 0. The van der Waals surface area contributed by atoms with E-state index in [1.54, 1.807) is 24.4 Å². The molecule has 0 atom stereocenters. The SMILES string of the molecule is CS(=O)(=O)Nc1cc(-c2ccnc(N)n2)cc(-c2cccc3[nH]ccc23)c1. The topological polar surface area (TPSA) is 114 Å². The van der Waals surface area contributed by atoms with E-state index in [1.807, 2.05) is 36.5 Å². The Bertz CT molecular complexity index is 1250. The van der Waals surface area contributed by atoms with Crippen LogP contribution in [0, 0.1) is 0 Å². The first-order valence-corrected chi connectivity index (χ1v) is 10.1. The van der Waals surface area contributed by atoms with Crippen LogP contribution in [0.15, 0.2) is 60.9 Å². The highest BCUT2D eigenvalue weighted by atomic mass is 32.2. The van der Waals surface area contributed by atoms with E-state index in [0.717, 1.165) is 33.8 Å². The predicted octanol–water partition coefficient (Wildman–Crippen LogP) is 3.25. The summed E-state index contributed by atoms with van der Waals surface area (Å²) < 4.78 is 26.1. The lowest BCUT2D eigenvalue weighted by molar-refractivity contribution is 0.607. The van der Waals surface area contributed by atoms with Gasteiger partial charge in [-0.1, -0.05) is 12.1 Å². The first-order chi connectivity index (χ1) is 12.9. The molecule has 2 heterocycles. The van der Waals surface area contributed by atoms with Gasteiger partial charge in [-0.25, -0.2) is 18.4 Å². The van der Waals surface area contributed by atoms with E-state index in [0.29, 0.717) is 11.4 Å². The van der Waals surface area contributed by atoms with Gasteiger partial charge in [-0.05, 0) is 47.5 Å². The van der Waals surface area contributed by atoms with Crippen molar-refractivity contribution >= 4 is 32.6 Å². The molecule has 0 spiro atoms. The number of benzene rings is 2. The molecule has 0 aliphatic rings. The third-order valence-corrected chi connectivity index (χ3v) is 4.72. The molecule has 7 nitrogen and oxygen atoms in total. The fraction of sp³-hybridized carbons (Fsp3) is 0.0526. The number of anilines is 2. The van der Waals surface area contributed by atoms with E-state index in [-0.39, 0.29) is 5.95 Å². The second-order valence-corrected chi connectivity index (χ2v) is 7.97. The Morgan fingerprint density at radius 2 is 1.89 bits per heavy atom. The van der Waals surface area contributed by atoms with Crippen LogP contribution in [0.3, 0.4) is 0 Å². The number of fused-ring (bicyclic) bond motifs is 1. The van der Waals surface area contributed by atoms with Crippen molar-refractivity contribution in [2.24, 2.45) is 0 Å². The Morgan fingerprint density at radius 1 is 1.07 bits per heavy atom. The summed E-state index contributed by atoms with van der Waals surface area (Å²) in [7, 11) is -3.43. The number of aromatic amines is 1. The summed E-state index contributed by atoms with van der Waals surface area (Å²) in [5, 5.41) is 1.04. The van der Waals surface area contributed by atoms with Gasteiger partial charge in [0.25, 0.3) is 0 Å². The highest BCUT2D eigenvalue weighted by Crippen LogP contribution is 2.34. The van der Waals surface area contributed by atoms with Gasteiger partial charge in [-0.2, -0.15) is 0 Å². The van der Waals surface area contributed by atoms with Crippen molar-refractivity contribution in [1.82, 2.24) is 15.0 Å². The number of nitrogens with one attached hydrogen (secondary N) is 2. The van der Waals surface area contributed by atoms with Crippen molar-refractivity contribution in [3.63, 3.8) is 0 Å². The van der Waals surface area contributed by atoms with Gasteiger partial charge < -0.3 is 10.7 Å². The fourth-order valence-corrected chi connectivity index (χ4v) is 3.62. The highest BCUT2D eigenvalue weighted by molar-refractivity contribution is 7.92. The molecule has 2 aromatic carbocycles. The molecular weight excluding hydrogens is 362 g/mol. The van der Waals surface area contributed by atoms with Gasteiger partial charge in [0.2, 0.25) is 16.0 Å². The van der Waals surface area contributed by atoms with Gasteiger partial charge in [0, 0.05) is 34.5 Å². The summed E-state index contributed by atoms with van der Waals surface area (Å²) >= 11 is 0. The first-order valence-electron chi connectivity index (χ1n) is 8.17. The van der Waals surface area contributed by atoms with Crippen molar-refractivity contribution in [3.05, 3.63) is 60.9 Å². The van der Waals surface area contributed by atoms with Gasteiger partial charge in [-0.3, -0.25) is 4.72 Å². The molecule has 0 bridgehead atoms. The average molecular weight is 379 g/mol. The fourth-order valence-electron chi connectivity index (χ4n) is 3.08. The van der Waals surface area contributed by atoms with E-state index in [2.05, 4.69) is 19.7 Å². The lowest BCUT2D eigenvalue weighted by Crippen LogP contribution is -2.09. The normalized spacial score (nSPS) is 11.6. The van der Waals surface area contributed by atoms with Crippen LogP contribution >= 0.6 is 0 Å². The second kappa shape index (κ2) is 6.40. The van der Waals surface area contributed by atoms with Gasteiger partial charge in [-0.15, -0.1) is 0 Å². The minimum atomic E-state index is -3.43. The van der Waals surface area contributed by atoms with Crippen LogP contribution in [0.5, 0.6) is 0 Å². The highest BCUT2D eigenvalue weighted by Gasteiger charge is 2.12. The molecule has 0 saturated carbocycles. The van der Waals surface area contributed by atoms with Crippen LogP contribution in [-0.4, -0.2) is 29.6 Å². The molecule has 4 aromatic rings. The summed E-state index contributed by atoms with van der Waals surface area (Å²) in [6, 6.07) is 15.1. The standard InChI is InChI=1S/C19H17N5O2S/c1-27(25,26)24-14-10-12(15-3-2-4-18-16(15)5-7-21-18)9-13(11-14)17-6-8-22-19(20)23-17/h2-11,21,24H,1H3,(H2,20,22,23). The van der Waals surface area contributed by atoms with Crippen LogP contribution in [0.4, 0.5) is 11.6 Å². The minimum absolute atomic E-state index is 0.156. The largest absolute Gasteiger partial charge is 0.368 e. The molecule has 0 aliphatic heterocycles. The van der Waals surface area contributed by atoms with Crippen LogP contribution in [-0.2, 0) is 10.0 Å². The number of hydrogen-bond donors (Lipinski definition) is 3. The zero-order valence-electron chi connectivity index (χ0n) is 14.5. The third kappa shape index (κ3) is 3.61. The number of hydrogen-bond acceptors (Lipinski definition) is 5. The molecule has 8 heteroatoms. The predicted molar refractivity (Wildman–Crippen MR) is 108 cm³/mol. The van der Waals surface area contributed by atoms with Crippen molar-refractivity contribution in [2.75, 3.05) is 16.7 Å². The minimum Gasteiger partial charge on any atom is -0.368 e. The van der Waals surface area contributed by atoms with Crippen LogP contribution in [0.1, 0.15) is 0 Å². The molecule has 0 amide bonds. The maximum absolute atomic E-state index is 11.8. The smallest absolute Gasteiger partial charge is 0.229 e. The van der Waals surface area contributed by atoms with Gasteiger partial charge in [0.05, 0.1) is 11.9 Å². The third-order valence-electron chi connectivity index (χ3n) is 4.11. The zero-order valence-corrected chi connectivity index (χ0v) is 15.3. The summed E-state index contributed by atoms with van der Waals surface area (Å²) in [5.74, 6) is 0.156. The Hall–Kier alpha value is -3.39. The zero-order chi connectivity index (χ0) is 19.0. The van der Waals surface area contributed by atoms with Crippen molar-refractivity contribution in [2.45, 2.75) is 0 Å². The lowest BCUT2D eigenvalue weighted by atomic mass is 9.98. The summed E-state index contributed by atoms with van der Waals surface area (Å²) in [4.78, 5) is 11.4. The molecule has 0 fully saturated rings. The van der Waals surface area contributed by atoms with E-state index in [4.69, 9.17) is 5.73 Å². The molecule has 0 radical (unpaired) electrons. The molecule has 0 saturated heterocycles. The number of aromatic nitrogens is 3. The molecule has 4 N–H and O–H groups in total. The van der Waals surface area contributed by atoms with E-state index < -0.39 is 10.0 Å². The second-order valence-electron chi connectivity index (χ2n) is 6.22. The quantitative estimate of drug-likeness (QED) is 0.504. The Kier molecular flexibility index (Phi) is 4.04. The Labute approximate surface area is 156 Å². The molecule has 0 unspecified atom stereocenters. The molecule has 27 heavy (non-hydrogen) atoms. The number of nitrogens with two attached hydrogens (primary N) is 1. The Morgan fingerprint density at radius 3 is 2.67 bits per heavy atom. The molecule has 136 valence electrons. The van der Waals surface area contributed by atoms with Gasteiger partial charge in [0.15, 0.2) is 0 Å². The molecule has 2 aromatic heterocycles. The first kappa shape index (κ1) is 17.0. The molecular formula is C19H17N5O2S. The maximum Gasteiger partial charge on any atom is 0.229 e. The molecule has 0 aliphatic carbocycles. The lowest BCUT2D eigenvalue weighted by Gasteiger charge is -2.12. The number of nitrogen functional groups attached to an aromatic ring is 1. The van der Waals surface area contributed by atoms with Crippen LogP contribution in [0.2, 0.25) is 0 Å². The van der Waals surface area contributed by atoms with Gasteiger partial charge in [0.1, 0.15) is 0 Å². The molecule has 4 rings (SSSR count). The summed E-state index contributed by atoms with van der Waals surface area (Å²) in [6.07, 6.45) is 4.56. The average Bonchev–Trinajstić information content (AvgIpc) is 3.08. The number of nitrogens with zero attached hydrogens (tertiary/aromatic N) is 2. The number of sulfonamides is 1. The van der Waals surface area contributed by atoms with Crippen molar-refractivity contribution < 1.29 is 8.42 Å².